The van der Waals surface area contributed by atoms with Crippen LogP contribution in [0.15, 0.2) is 0 Å². The van der Waals surface area contributed by atoms with E-state index < -0.39 is 15.9 Å². The van der Waals surface area contributed by atoms with E-state index in [4.69, 9.17) is 0 Å². The summed E-state index contributed by atoms with van der Waals surface area (Å²) >= 11 is 0. The fraction of sp³-hybridized carbons (Fsp3) is 0.909. The van der Waals surface area contributed by atoms with Crippen LogP contribution in [-0.2, 0) is 19.4 Å². The van der Waals surface area contributed by atoms with Gasteiger partial charge in [-0.25, -0.2) is 8.42 Å². The molecule has 0 aromatic rings. The highest BCUT2D eigenvalue weighted by atomic mass is 32.2. The van der Waals surface area contributed by atoms with E-state index in [-0.39, 0.29) is 29.9 Å². The molecule has 0 heterocycles. The zero-order chi connectivity index (χ0) is 13.5. The number of hydrogen-bond donors (Lipinski definition) is 1. The maximum absolute atomic E-state index is 11.5. The minimum absolute atomic E-state index is 0.0566. The normalized spacial score (nSPS) is 13.7. The molecule has 0 bridgehead atoms. The van der Waals surface area contributed by atoms with E-state index >= 15 is 0 Å². The fourth-order valence-corrected chi connectivity index (χ4v) is 2.76. The molecule has 17 heavy (non-hydrogen) atoms. The van der Waals surface area contributed by atoms with Crippen molar-refractivity contribution in [3.63, 3.8) is 0 Å². The molecule has 0 aliphatic rings. The molecule has 0 aromatic heterocycles. The molecule has 0 aliphatic heterocycles. The third-order valence-electron chi connectivity index (χ3n) is 2.41. The summed E-state index contributed by atoms with van der Waals surface area (Å²) in [6.07, 6.45) is 0.618. The van der Waals surface area contributed by atoms with Gasteiger partial charge in [0.15, 0.2) is 9.84 Å². The van der Waals surface area contributed by atoms with Crippen molar-refractivity contribution in [3.8, 4) is 0 Å². The van der Waals surface area contributed by atoms with E-state index in [1.807, 2.05) is 20.8 Å². The van der Waals surface area contributed by atoms with E-state index in [1.54, 1.807) is 0 Å². The van der Waals surface area contributed by atoms with Gasteiger partial charge in [0.1, 0.15) is 6.04 Å². The lowest BCUT2D eigenvalue weighted by Crippen LogP contribution is -2.43. The van der Waals surface area contributed by atoms with Crippen LogP contribution in [0.3, 0.4) is 0 Å². The number of hydrogen-bond acceptors (Lipinski definition) is 5. The van der Waals surface area contributed by atoms with Crippen LogP contribution >= 0.6 is 0 Å². The number of methoxy groups -OCH3 is 1. The molecule has 1 atom stereocenters. The van der Waals surface area contributed by atoms with Crippen LogP contribution in [0.2, 0.25) is 0 Å². The number of carbonyl (C=O) groups is 1. The molecule has 0 aliphatic carbocycles. The van der Waals surface area contributed by atoms with Crippen molar-refractivity contribution in [2.75, 3.05) is 25.2 Å². The molecule has 102 valence electrons. The Balaban J connectivity index is 4.20. The first kappa shape index (κ1) is 16.4. The summed E-state index contributed by atoms with van der Waals surface area (Å²) in [5.41, 5.74) is 0. The largest absolute Gasteiger partial charge is 0.468 e. The van der Waals surface area contributed by atoms with Crippen LogP contribution in [0.4, 0.5) is 0 Å². The molecule has 6 heteroatoms. The van der Waals surface area contributed by atoms with E-state index in [2.05, 4.69) is 10.1 Å². The number of carbonyl (C=O) groups excluding carboxylic acids is 1. The molecular formula is C11H23NO4S. The first-order valence-corrected chi connectivity index (χ1v) is 7.67. The zero-order valence-electron chi connectivity index (χ0n) is 11.0. The Morgan fingerprint density at radius 3 is 2.29 bits per heavy atom. The highest BCUT2D eigenvalue weighted by Crippen LogP contribution is 2.03. The van der Waals surface area contributed by atoms with Crippen LogP contribution in [0.5, 0.6) is 0 Å². The predicted molar refractivity (Wildman–Crippen MR) is 67.6 cm³/mol. The SMILES string of the molecule is CCCS(=O)(=O)CCNC(C(=O)OC)C(C)C. The summed E-state index contributed by atoms with van der Waals surface area (Å²) < 4.78 is 27.6. The van der Waals surface area contributed by atoms with Gasteiger partial charge in [-0.3, -0.25) is 4.79 Å². The molecule has 5 nitrogen and oxygen atoms in total. The molecule has 0 rings (SSSR count). The fourth-order valence-electron chi connectivity index (χ4n) is 1.50. The van der Waals surface area contributed by atoms with Gasteiger partial charge in [-0.05, 0) is 12.3 Å². The third kappa shape index (κ3) is 6.63. The van der Waals surface area contributed by atoms with Crippen LogP contribution in [0.25, 0.3) is 0 Å². The summed E-state index contributed by atoms with van der Waals surface area (Å²) in [7, 11) is -1.67. The highest BCUT2D eigenvalue weighted by molar-refractivity contribution is 7.91. The molecule has 1 N–H and O–H groups in total. The summed E-state index contributed by atoms with van der Waals surface area (Å²) in [6, 6.07) is -0.447. The lowest BCUT2D eigenvalue weighted by atomic mass is 10.1. The molecule has 0 fully saturated rings. The summed E-state index contributed by atoms with van der Waals surface area (Å²) in [4.78, 5) is 11.4. The van der Waals surface area contributed by atoms with Crippen molar-refractivity contribution in [2.45, 2.75) is 33.2 Å². The van der Waals surface area contributed by atoms with Crippen molar-refractivity contribution < 1.29 is 17.9 Å². The molecule has 0 amide bonds. The van der Waals surface area contributed by atoms with Crippen LogP contribution in [0.1, 0.15) is 27.2 Å². The average Bonchev–Trinajstić information content (AvgIpc) is 2.22. The third-order valence-corrected chi connectivity index (χ3v) is 4.27. The van der Waals surface area contributed by atoms with Crippen molar-refractivity contribution in [1.29, 1.82) is 0 Å². The minimum atomic E-state index is -3.00. The second kappa shape index (κ2) is 7.66. The highest BCUT2D eigenvalue weighted by Gasteiger charge is 2.22. The Hall–Kier alpha value is -0.620. The van der Waals surface area contributed by atoms with Crippen molar-refractivity contribution in [3.05, 3.63) is 0 Å². The number of nitrogens with one attached hydrogen (secondary N) is 1. The lowest BCUT2D eigenvalue weighted by Gasteiger charge is -2.19. The number of rotatable bonds is 8. The monoisotopic (exact) mass is 265 g/mol. The van der Waals surface area contributed by atoms with Gasteiger partial charge in [-0.2, -0.15) is 0 Å². The van der Waals surface area contributed by atoms with Crippen LogP contribution in [-0.4, -0.2) is 45.6 Å². The van der Waals surface area contributed by atoms with Gasteiger partial charge < -0.3 is 10.1 Å². The average molecular weight is 265 g/mol. The summed E-state index contributed by atoms with van der Waals surface area (Å²) in [5, 5.41) is 2.93. The van der Waals surface area contributed by atoms with Gasteiger partial charge >= 0.3 is 5.97 Å². The molecular weight excluding hydrogens is 242 g/mol. The van der Waals surface area contributed by atoms with E-state index in [0.29, 0.717) is 6.42 Å². The van der Waals surface area contributed by atoms with E-state index in [9.17, 15) is 13.2 Å². The summed E-state index contributed by atoms with van der Waals surface area (Å²) in [5.74, 6) is -0.0375. The summed E-state index contributed by atoms with van der Waals surface area (Å²) in [6.45, 7) is 5.88. The number of sulfone groups is 1. The minimum Gasteiger partial charge on any atom is -0.468 e. The lowest BCUT2D eigenvalue weighted by molar-refractivity contribution is -0.144. The molecule has 0 radical (unpaired) electrons. The second-order valence-electron chi connectivity index (χ2n) is 4.35. The van der Waals surface area contributed by atoms with Gasteiger partial charge in [0.25, 0.3) is 0 Å². The molecule has 1 unspecified atom stereocenters. The maximum atomic E-state index is 11.5. The predicted octanol–water partition coefficient (Wildman–Crippen LogP) is 0.598. The molecule has 0 aromatic carbocycles. The quantitative estimate of drug-likeness (QED) is 0.651. The van der Waals surface area contributed by atoms with Gasteiger partial charge in [0.05, 0.1) is 12.9 Å². The first-order valence-electron chi connectivity index (χ1n) is 5.85. The van der Waals surface area contributed by atoms with Gasteiger partial charge in [0.2, 0.25) is 0 Å². The molecule has 0 saturated carbocycles. The first-order chi connectivity index (χ1) is 7.84. The number of ether oxygens (including phenoxy) is 1. The van der Waals surface area contributed by atoms with Crippen molar-refractivity contribution in [2.24, 2.45) is 5.92 Å². The van der Waals surface area contributed by atoms with Gasteiger partial charge in [0, 0.05) is 12.3 Å². The van der Waals surface area contributed by atoms with Crippen LogP contribution in [0, 0.1) is 5.92 Å². The molecule has 0 saturated heterocycles. The Bertz CT molecular complexity index is 324. The van der Waals surface area contributed by atoms with Crippen LogP contribution < -0.4 is 5.32 Å². The van der Waals surface area contributed by atoms with Crippen molar-refractivity contribution in [1.82, 2.24) is 5.32 Å². The van der Waals surface area contributed by atoms with E-state index in [1.165, 1.54) is 7.11 Å². The standard InChI is InChI=1S/C11H23NO4S/c1-5-7-17(14,15)8-6-12-10(9(2)3)11(13)16-4/h9-10,12H,5-8H2,1-4H3. The molecule has 0 spiro atoms. The Labute approximate surface area is 104 Å². The van der Waals surface area contributed by atoms with E-state index in [0.717, 1.165) is 0 Å². The number of esters is 1. The topological polar surface area (TPSA) is 72.5 Å². The zero-order valence-corrected chi connectivity index (χ0v) is 11.8. The van der Waals surface area contributed by atoms with Crippen molar-refractivity contribution >= 4 is 15.8 Å². The maximum Gasteiger partial charge on any atom is 0.323 e. The smallest absolute Gasteiger partial charge is 0.323 e. The van der Waals surface area contributed by atoms with Gasteiger partial charge in [-0.15, -0.1) is 0 Å². The Kier molecular flexibility index (Phi) is 7.38. The second-order valence-corrected chi connectivity index (χ2v) is 6.65. The Morgan fingerprint density at radius 2 is 1.88 bits per heavy atom. The Morgan fingerprint density at radius 1 is 1.29 bits per heavy atom. The van der Waals surface area contributed by atoms with Gasteiger partial charge in [-0.1, -0.05) is 20.8 Å².